The maximum Gasteiger partial charge on any atom is 0.235 e. The van der Waals surface area contributed by atoms with Crippen LogP contribution in [0.1, 0.15) is 6.92 Å². The largest absolute Gasteiger partial charge is 0.492 e. The summed E-state index contributed by atoms with van der Waals surface area (Å²) >= 11 is 19.3. The molecule has 1 atom stereocenters. The van der Waals surface area contributed by atoms with E-state index in [1.165, 1.54) is 11.8 Å². The number of pyridine rings is 1. The number of amides is 1. The van der Waals surface area contributed by atoms with Gasteiger partial charge in [0.1, 0.15) is 12.4 Å². The summed E-state index contributed by atoms with van der Waals surface area (Å²) in [6, 6.07) is 8.69. The molecule has 148 valence electrons. The molecule has 0 aliphatic rings. The van der Waals surface area contributed by atoms with Gasteiger partial charge in [0, 0.05) is 18.3 Å². The number of carbonyl (C=O) groups is 1. The smallest absolute Gasteiger partial charge is 0.235 e. The van der Waals surface area contributed by atoms with Crippen LogP contribution < -0.4 is 4.74 Å². The van der Waals surface area contributed by atoms with Gasteiger partial charge in [0.25, 0.3) is 0 Å². The standard InChI is InChI=1S/C18H17Cl3N4O2S/c1-11(28-18-23-22-16-15(21)9-13(20)10-25(16)18)17(26)24(2)7-8-27-14-5-3-12(19)4-6-14/h3-6,9-11H,7-8H2,1-2H3. The minimum atomic E-state index is -0.370. The number of fused-ring (bicyclic) bond motifs is 1. The predicted octanol–water partition coefficient (Wildman–Crippen LogP) is 4.71. The second kappa shape index (κ2) is 9.22. The van der Waals surface area contributed by atoms with Crippen molar-refractivity contribution in [1.82, 2.24) is 19.5 Å². The molecule has 0 N–H and O–H groups in total. The summed E-state index contributed by atoms with van der Waals surface area (Å²) in [4.78, 5) is 14.3. The van der Waals surface area contributed by atoms with E-state index in [1.54, 1.807) is 52.9 Å². The maximum atomic E-state index is 12.6. The fourth-order valence-corrected chi connectivity index (χ4v) is 4.02. The molecular formula is C18H17Cl3N4O2S. The highest BCUT2D eigenvalue weighted by molar-refractivity contribution is 8.00. The van der Waals surface area contributed by atoms with E-state index in [-0.39, 0.29) is 11.2 Å². The molecule has 0 spiro atoms. The van der Waals surface area contributed by atoms with Crippen LogP contribution in [0, 0.1) is 0 Å². The van der Waals surface area contributed by atoms with Gasteiger partial charge in [-0.2, -0.15) is 0 Å². The zero-order valence-electron chi connectivity index (χ0n) is 15.1. The van der Waals surface area contributed by atoms with Crippen LogP contribution in [0.15, 0.2) is 41.7 Å². The van der Waals surface area contributed by atoms with Gasteiger partial charge in [0.15, 0.2) is 10.8 Å². The quantitative estimate of drug-likeness (QED) is 0.479. The van der Waals surface area contributed by atoms with Gasteiger partial charge in [-0.1, -0.05) is 46.6 Å². The molecule has 3 aromatic rings. The summed E-state index contributed by atoms with van der Waals surface area (Å²) in [5, 5.41) is 9.86. The number of benzene rings is 1. The first kappa shape index (κ1) is 21.0. The Kier molecular flexibility index (Phi) is 6.93. The summed E-state index contributed by atoms with van der Waals surface area (Å²) in [6.45, 7) is 2.64. The average Bonchev–Trinajstić information content (AvgIpc) is 3.05. The zero-order chi connectivity index (χ0) is 20.3. The molecule has 0 aliphatic heterocycles. The van der Waals surface area contributed by atoms with Crippen molar-refractivity contribution in [3.05, 3.63) is 51.6 Å². The fourth-order valence-electron chi connectivity index (χ4n) is 2.44. The van der Waals surface area contributed by atoms with E-state index >= 15 is 0 Å². The molecule has 0 bridgehead atoms. The van der Waals surface area contributed by atoms with E-state index in [4.69, 9.17) is 39.5 Å². The number of rotatable bonds is 7. The molecule has 0 saturated carbocycles. The Hall–Kier alpha value is -1.67. The number of likely N-dealkylation sites (N-methyl/N-ethyl adjacent to an activating group) is 1. The molecule has 0 aliphatic carbocycles. The third-order valence-electron chi connectivity index (χ3n) is 3.91. The number of halogens is 3. The van der Waals surface area contributed by atoms with Crippen molar-refractivity contribution in [3.8, 4) is 5.75 Å². The molecule has 1 aromatic carbocycles. The maximum absolute atomic E-state index is 12.6. The molecule has 0 radical (unpaired) electrons. The van der Waals surface area contributed by atoms with Gasteiger partial charge in [0.2, 0.25) is 5.91 Å². The van der Waals surface area contributed by atoms with Crippen molar-refractivity contribution >= 4 is 58.1 Å². The van der Waals surface area contributed by atoms with Crippen molar-refractivity contribution in [2.75, 3.05) is 20.2 Å². The van der Waals surface area contributed by atoms with Crippen LogP contribution in [0.5, 0.6) is 5.75 Å². The lowest BCUT2D eigenvalue weighted by atomic mass is 10.3. The molecule has 3 rings (SSSR count). The normalized spacial score (nSPS) is 12.2. The Morgan fingerprint density at radius 1 is 1.21 bits per heavy atom. The van der Waals surface area contributed by atoms with Gasteiger partial charge in [0.05, 0.1) is 21.8 Å². The van der Waals surface area contributed by atoms with Gasteiger partial charge in [-0.25, -0.2) is 0 Å². The van der Waals surface area contributed by atoms with E-state index in [1.807, 2.05) is 6.92 Å². The van der Waals surface area contributed by atoms with Crippen LogP contribution in [0.3, 0.4) is 0 Å². The minimum absolute atomic E-state index is 0.0467. The van der Waals surface area contributed by atoms with Crippen LogP contribution in [0.25, 0.3) is 5.65 Å². The molecule has 2 aromatic heterocycles. The van der Waals surface area contributed by atoms with Crippen LogP contribution in [0.4, 0.5) is 0 Å². The van der Waals surface area contributed by atoms with Crippen LogP contribution >= 0.6 is 46.6 Å². The lowest BCUT2D eigenvalue weighted by Crippen LogP contribution is -2.36. The molecule has 1 unspecified atom stereocenters. The van der Waals surface area contributed by atoms with Gasteiger partial charge < -0.3 is 9.64 Å². The number of thioether (sulfide) groups is 1. The summed E-state index contributed by atoms with van der Waals surface area (Å²) in [7, 11) is 1.74. The van der Waals surface area contributed by atoms with E-state index < -0.39 is 0 Å². The number of nitrogens with zero attached hydrogens (tertiary/aromatic N) is 4. The SMILES string of the molecule is CC(Sc1nnc2c(Cl)cc(Cl)cn12)C(=O)N(C)CCOc1ccc(Cl)cc1. The third-order valence-corrected chi connectivity index (χ3v) is 5.69. The molecule has 0 fully saturated rings. The lowest BCUT2D eigenvalue weighted by molar-refractivity contribution is -0.129. The van der Waals surface area contributed by atoms with E-state index in [0.29, 0.717) is 44.8 Å². The van der Waals surface area contributed by atoms with Crippen molar-refractivity contribution in [2.24, 2.45) is 0 Å². The lowest BCUT2D eigenvalue weighted by Gasteiger charge is -2.20. The third kappa shape index (κ3) is 5.03. The first-order valence-electron chi connectivity index (χ1n) is 8.35. The van der Waals surface area contributed by atoms with Crippen LogP contribution in [-0.2, 0) is 4.79 Å². The van der Waals surface area contributed by atoms with Gasteiger partial charge in [-0.3, -0.25) is 9.20 Å². The van der Waals surface area contributed by atoms with Crippen molar-refractivity contribution in [2.45, 2.75) is 17.3 Å². The summed E-state index contributed by atoms with van der Waals surface area (Å²) in [6.07, 6.45) is 1.67. The average molecular weight is 460 g/mol. The second-order valence-electron chi connectivity index (χ2n) is 6.00. The Morgan fingerprint density at radius 2 is 1.93 bits per heavy atom. The Labute approximate surface area is 181 Å². The monoisotopic (exact) mass is 458 g/mol. The summed E-state index contributed by atoms with van der Waals surface area (Å²) in [5.41, 5.74) is 0.498. The Bertz CT molecular complexity index is 981. The Balaban J connectivity index is 1.57. The Morgan fingerprint density at radius 3 is 2.64 bits per heavy atom. The van der Waals surface area contributed by atoms with Crippen molar-refractivity contribution in [1.29, 1.82) is 0 Å². The topological polar surface area (TPSA) is 59.7 Å². The molecular weight excluding hydrogens is 443 g/mol. The summed E-state index contributed by atoms with van der Waals surface area (Å²) < 4.78 is 7.32. The van der Waals surface area contributed by atoms with Gasteiger partial charge in [-0.15, -0.1) is 10.2 Å². The van der Waals surface area contributed by atoms with Crippen LogP contribution in [0.2, 0.25) is 15.1 Å². The highest BCUT2D eigenvalue weighted by Crippen LogP contribution is 2.28. The number of aromatic nitrogens is 3. The highest BCUT2D eigenvalue weighted by atomic mass is 35.5. The predicted molar refractivity (Wildman–Crippen MR) is 113 cm³/mol. The highest BCUT2D eigenvalue weighted by Gasteiger charge is 2.22. The molecule has 6 nitrogen and oxygen atoms in total. The zero-order valence-corrected chi connectivity index (χ0v) is 18.2. The number of hydrogen-bond acceptors (Lipinski definition) is 5. The van der Waals surface area contributed by atoms with Crippen molar-refractivity contribution in [3.63, 3.8) is 0 Å². The van der Waals surface area contributed by atoms with Crippen molar-refractivity contribution < 1.29 is 9.53 Å². The number of hydrogen-bond donors (Lipinski definition) is 0. The minimum Gasteiger partial charge on any atom is -0.492 e. The molecule has 0 saturated heterocycles. The fraction of sp³-hybridized carbons (Fsp3) is 0.278. The molecule has 2 heterocycles. The van der Waals surface area contributed by atoms with E-state index in [9.17, 15) is 4.79 Å². The number of ether oxygens (including phenoxy) is 1. The second-order valence-corrected chi connectivity index (χ2v) is 8.59. The van der Waals surface area contributed by atoms with E-state index in [0.717, 1.165) is 0 Å². The van der Waals surface area contributed by atoms with Gasteiger partial charge in [-0.05, 0) is 37.3 Å². The summed E-state index contributed by atoms with van der Waals surface area (Å²) in [5.74, 6) is 0.658. The molecule has 28 heavy (non-hydrogen) atoms. The molecule has 1 amide bonds. The van der Waals surface area contributed by atoms with Crippen LogP contribution in [-0.4, -0.2) is 50.9 Å². The first-order valence-corrected chi connectivity index (χ1v) is 10.4. The number of carbonyl (C=O) groups excluding carboxylic acids is 1. The molecule has 10 heteroatoms. The van der Waals surface area contributed by atoms with E-state index in [2.05, 4.69) is 10.2 Å². The first-order chi connectivity index (χ1) is 13.3. The van der Waals surface area contributed by atoms with Gasteiger partial charge >= 0.3 is 0 Å².